The third-order valence-electron chi connectivity index (χ3n) is 4.60. The molecule has 0 saturated carbocycles. The van der Waals surface area contributed by atoms with Crippen LogP contribution >= 0.6 is 12.2 Å². The Balaban J connectivity index is 1.85. The minimum atomic E-state index is -1.48. The van der Waals surface area contributed by atoms with Gasteiger partial charge in [-0.1, -0.05) is 30.3 Å². The van der Waals surface area contributed by atoms with Gasteiger partial charge >= 0.3 is 5.69 Å². The predicted molar refractivity (Wildman–Crippen MR) is 127 cm³/mol. The van der Waals surface area contributed by atoms with Gasteiger partial charge in [0.2, 0.25) is 11.8 Å². The molecule has 0 aliphatic carbocycles. The molecule has 0 fully saturated rings. The van der Waals surface area contributed by atoms with Crippen LogP contribution in [-0.4, -0.2) is 56.7 Å². The number of aromatic nitrogens is 2. The summed E-state index contributed by atoms with van der Waals surface area (Å²) in [5, 5.41) is 29.5. The van der Waals surface area contributed by atoms with Gasteiger partial charge in [-0.2, -0.15) is 0 Å². The van der Waals surface area contributed by atoms with Crippen molar-refractivity contribution in [1.82, 2.24) is 25.5 Å². The van der Waals surface area contributed by atoms with Gasteiger partial charge in [0.05, 0.1) is 17.7 Å². The molecule has 0 radical (unpaired) electrons. The molecule has 0 saturated heterocycles. The van der Waals surface area contributed by atoms with Crippen molar-refractivity contribution >= 4 is 35.2 Å². The number of aliphatic carboxylic acids is 1. The molecular weight excluding hydrogens is 464 g/mol. The maximum Gasteiger partial charge on any atom is 0.329 e. The number of carbonyl (C=O) groups is 2. The van der Waals surface area contributed by atoms with Gasteiger partial charge in [-0.15, -0.1) is 0 Å². The number of benzene rings is 1. The van der Waals surface area contributed by atoms with Crippen molar-refractivity contribution in [2.24, 2.45) is 16.5 Å². The Morgan fingerprint density at radius 1 is 1.24 bits per heavy atom. The minimum Gasteiger partial charge on any atom is -0.548 e. The fourth-order valence-corrected chi connectivity index (χ4v) is 3.11. The van der Waals surface area contributed by atoms with Crippen molar-refractivity contribution in [3.63, 3.8) is 0 Å². The number of nitrogens with two attached hydrogens (primary N) is 2. The lowest BCUT2D eigenvalue weighted by atomic mass is 10.2. The summed E-state index contributed by atoms with van der Waals surface area (Å²) in [5.74, 6) is -2.64. The number of aromatic hydroxyl groups is 1. The highest BCUT2D eigenvalue weighted by Gasteiger charge is 2.17. The Morgan fingerprint density at radius 3 is 2.59 bits per heavy atom. The summed E-state index contributed by atoms with van der Waals surface area (Å²) in [6, 6.07) is 8.01. The lowest BCUT2D eigenvalue weighted by molar-refractivity contribution is -0.307. The number of hydrogen-bond donors (Lipinski definition) is 7. The first kappa shape index (κ1) is 26.2. The quantitative estimate of drug-likeness (QED) is 0.0690. The topological polar surface area (TPSA) is 216 Å². The summed E-state index contributed by atoms with van der Waals surface area (Å²) >= 11 is 5.10. The molecule has 184 valence electrons. The molecule has 13 nitrogen and oxygen atoms in total. The maximum absolute atomic E-state index is 12.3. The highest BCUT2D eigenvalue weighted by Crippen LogP contribution is 2.14. The van der Waals surface area contributed by atoms with E-state index in [9.17, 15) is 24.6 Å². The number of aliphatic imine (C=N–C) groups is 1. The second kappa shape index (κ2) is 12.8. The van der Waals surface area contributed by atoms with Crippen molar-refractivity contribution < 1.29 is 19.8 Å². The molecule has 1 amide bonds. The average molecular weight is 492 g/mol. The first-order valence-electron chi connectivity index (χ1n) is 10.3. The fourth-order valence-electron chi connectivity index (χ4n) is 2.89. The average Bonchev–Trinajstić information content (AvgIpc) is 3.06. The molecule has 0 spiro atoms. The smallest absolute Gasteiger partial charge is 0.329 e. The van der Waals surface area contributed by atoms with Crippen molar-refractivity contribution in [2.45, 2.75) is 32.0 Å². The highest BCUT2D eigenvalue weighted by atomic mass is 32.1. The molecular formula is C20H27N8O5S-. The molecule has 1 unspecified atom stereocenters. The first-order chi connectivity index (χ1) is 16.2. The van der Waals surface area contributed by atoms with Gasteiger partial charge in [-0.05, 0) is 30.6 Å². The molecule has 1 heterocycles. The van der Waals surface area contributed by atoms with E-state index < -0.39 is 36.0 Å². The number of nitrogens with one attached hydrogen (secondary N) is 4. The van der Waals surface area contributed by atoms with Crippen LogP contribution in [0.3, 0.4) is 0 Å². The number of carboxylic acid groups (broad SMARTS) is 1. The predicted octanol–water partition coefficient (Wildman–Crippen LogP) is -3.01. The van der Waals surface area contributed by atoms with Crippen LogP contribution in [0.4, 0.5) is 0 Å². The molecule has 1 atom stereocenters. The van der Waals surface area contributed by atoms with E-state index in [1.165, 1.54) is 0 Å². The SMILES string of the molecule is NC(N)=NCCCc1[nH]c(=O)n(CC(=O)NCC(NC(=S)NCc2ccccc2)C(=O)[O-])c1O. The van der Waals surface area contributed by atoms with Gasteiger partial charge in [-0.3, -0.25) is 14.4 Å². The first-order valence-corrected chi connectivity index (χ1v) is 10.7. The summed E-state index contributed by atoms with van der Waals surface area (Å²) in [7, 11) is 0. The largest absolute Gasteiger partial charge is 0.548 e. The molecule has 0 bridgehead atoms. The highest BCUT2D eigenvalue weighted by molar-refractivity contribution is 7.80. The number of nitrogens with zero attached hydrogens (tertiary/aromatic N) is 2. The second-order valence-electron chi connectivity index (χ2n) is 7.22. The zero-order valence-electron chi connectivity index (χ0n) is 18.2. The van der Waals surface area contributed by atoms with Crippen LogP contribution in [0.15, 0.2) is 40.1 Å². The molecule has 2 aromatic rings. The number of carboxylic acids is 1. The van der Waals surface area contributed by atoms with E-state index in [-0.39, 0.29) is 29.7 Å². The van der Waals surface area contributed by atoms with E-state index in [1.807, 2.05) is 30.3 Å². The van der Waals surface area contributed by atoms with Crippen LogP contribution in [0.1, 0.15) is 17.7 Å². The van der Waals surface area contributed by atoms with Crippen LogP contribution in [0.5, 0.6) is 5.88 Å². The molecule has 1 aromatic heterocycles. The van der Waals surface area contributed by atoms with Gasteiger partial charge in [-0.25, -0.2) is 4.79 Å². The van der Waals surface area contributed by atoms with Crippen molar-refractivity contribution in [3.05, 3.63) is 52.1 Å². The number of rotatable bonds is 12. The summed E-state index contributed by atoms with van der Waals surface area (Å²) in [4.78, 5) is 42.0. The Morgan fingerprint density at radius 2 is 1.94 bits per heavy atom. The third-order valence-corrected chi connectivity index (χ3v) is 4.86. The van der Waals surface area contributed by atoms with Gasteiger partial charge in [0.15, 0.2) is 11.1 Å². The number of aromatic amines is 1. The van der Waals surface area contributed by atoms with Gasteiger partial charge < -0.3 is 47.4 Å². The molecule has 34 heavy (non-hydrogen) atoms. The molecule has 2 rings (SSSR count). The molecule has 0 aliphatic rings. The number of amides is 1. The number of hydrogen-bond acceptors (Lipinski definition) is 7. The maximum atomic E-state index is 12.3. The molecule has 9 N–H and O–H groups in total. The normalized spacial score (nSPS) is 11.3. The Bertz CT molecular complexity index is 1080. The van der Waals surface area contributed by atoms with Gasteiger partial charge in [0.25, 0.3) is 0 Å². The van der Waals surface area contributed by atoms with Crippen molar-refractivity contribution in [1.29, 1.82) is 0 Å². The van der Waals surface area contributed by atoms with Crippen LogP contribution in [0.2, 0.25) is 0 Å². The number of guanidine groups is 1. The summed E-state index contributed by atoms with van der Waals surface area (Å²) in [6.45, 7) is -0.205. The van der Waals surface area contributed by atoms with E-state index in [1.54, 1.807) is 0 Å². The minimum absolute atomic E-state index is 0.0657. The van der Waals surface area contributed by atoms with E-state index in [4.69, 9.17) is 23.7 Å². The number of aryl methyl sites for hydroxylation is 1. The second-order valence-corrected chi connectivity index (χ2v) is 7.63. The lowest BCUT2D eigenvalue weighted by Gasteiger charge is -2.22. The summed E-state index contributed by atoms with van der Waals surface area (Å²) in [5.41, 5.74) is 11.0. The number of H-pyrrole nitrogens is 1. The number of thiocarbonyl (C=S) groups is 1. The standard InChI is InChI=1S/C20H28N8O5S/c21-18(22)23-8-4-7-13-16(30)28(20(33)27-13)11-15(29)24-10-14(17(31)32)26-19(34)25-9-12-5-2-1-3-6-12/h1-3,5-6,14,30H,4,7-11H2,(H,24,29)(H,27,33)(H,31,32)(H4,21,22,23)(H2,25,26,34)/p-1. The van der Waals surface area contributed by atoms with Crippen LogP contribution in [0, 0.1) is 0 Å². The number of carbonyl (C=O) groups excluding carboxylic acids is 2. The summed E-state index contributed by atoms with van der Waals surface area (Å²) < 4.78 is 0.832. The van der Waals surface area contributed by atoms with E-state index in [0.717, 1.165) is 10.1 Å². The van der Waals surface area contributed by atoms with Crippen LogP contribution in [-0.2, 0) is 29.1 Å². The monoisotopic (exact) mass is 491 g/mol. The molecule has 0 aliphatic heterocycles. The van der Waals surface area contributed by atoms with Crippen LogP contribution in [0.25, 0.3) is 0 Å². The zero-order valence-corrected chi connectivity index (χ0v) is 19.1. The van der Waals surface area contributed by atoms with Gasteiger partial charge in [0.1, 0.15) is 6.54 Å². The number of imidazole rings is 1. The van der Waals surface area contributed by atoms with E-state index in [0.29, 0.717) is 19.5 Å². The van der Waals surface area contributed by atoms with Crippen molar-refractivity contribution in [2.75, 3.05) is 13.1 Å². The Labute approximate surface area is 200 Å². The third kappa shape index (κ3) is 8.46. The Kier molecular flexibility index (Phi) is 9.89. The fraction of sp³-hybridized carbons (Fsp3) is 0.350. The van der Waals surface area contributed by atoms with Gasteiger partial charge in [0, 0.05) is 19.6 Å². The molecule has 14 heteroatoms. The van der Waals surface area contributed by atoms with E-state index in [2.05, 4.69) is 25.9 Å². The Hall–Kier alpha value is -4.07. The molecule has 1 aromatic carbocycles. The zero-order chi connectivity index (χ0) is 25.1. The van der Waals surface area contributed by atoms with E-state index >= 15 is 0 Å². The van der Waals surface area contributed by atoms with Crippen LogP contribution < -0.4 is 38.2 Å². The lowest BCUT2D eigenvalue weighted by Crippen LogP contribution is -2.55. The van der Waals surface area contributed by atoms with Crippen molar-refractivity contribution in [3.8, 4) is 5.88 Å². The summed E-state index contributed by atoms with van der Waals surface area (Å²) in [6.07, 6.45) is 0.728.